The largest absolute Gasteiger partial charge is 0.497 e. The zero-order chi connectivity index (χ0) is 27.9. The van der Waals surface area contributed by atoms with Crippen LogP contribution in [0.15, 0.2) is 107 Å². The maximum atomic E-state index is 13.0. The molecular weight excluding hydrogens is 520 g/mol. The molecule has 8 nitrogen and oxygen atoms in total. The SMILES string of the molecule is COc1ccc(NCc2nnc(SC(C)C(=O)N/N=C(\C)c3ccc4ccccc4c3)n2-c2ccccc2)cc1. The van der Waals surface area contributed by atoms with Crippen LogP contribution in [-0.4, -0.2) is 38.7 Å². The lowest BCUT2D eigenvalue weighted by Crippen LogP contribution is -2.28. The number of nitrogens with one attached hydrogen (secondary N) is 2. The molecule has 4 aromatic carbocycles. The van der Waals surface area contributed by atoms with Gasteiger partial charge in [-0.05, 0) is 72.6 Å². The van der Waals surface area contributed by atoms with Crippen LogP contribution in [-0.2, 0) is 11.3 Å². The van der Waals surface area contributed by atoms with Gasteiger partial charge in [0.15, 0.2) is 11.0 Å². The van der Waals surface area contributed by atoms with Gasteiger partial charge >= 0.3 is 0 Å². The Hall–Kier alpha value is -4.63. The molecule has 0 aliphatic heterocycles. The highest BCUT2D eigenvalue weighted by Gasteiger charge is 2.21. The summed E-state index contributed by atoms with van der Waals surface area (Å²) in [5, 5.41) is 19.1. The third-order valence-electron chi connectivity index (χ3n) is 6.41. The topological polar surface area (TPSA) is 93.4 Å². The third-order valence-corrected chi connectivity index (χ3v) is 7.45. The summed E-state index contributed by atoms with van der Waals surface area (Å²) in [7, 11) is 1.64. The number of aromatic nitrogens is 3. The number of anilines is 1. The van der Waals surface area contributed by atoms with E-state index in [1.807, 2.05) is 91.2 Å². The molecule has 0 radical (unpaired) electrons. The van der Waals surface area contributed by atoms with E-state index in [0.717, 1.165) is 45.0 Å². The highest BCUT2D eigenvalue weighted by Crippen LogP contribution is 2.26. The lowest BCUT2D eigenvalue weighted by atomic mass is 10.0. The number of benzene rings is 4. The molecule has 0 aliphatic carbocycles. The van der Waals surface area contributed by atoms with Crippen LogP contribution >= 0.6 is 11.8 Å². The van der Waals surface area contributed by atoms with E-state index in [4.69, 9.17) is 4.74 Å². The van der Waals surface area contributed by atoms with E-state index in [9.17, 15) is 4.79 Å². The summed E-state index contributed by atoms with van der Waals surface area (Å²) in [4.78, 5) is 13.0. The van der Waals surface area contributed by atoms with Gasteiger partial charge in [-0.3, -0.25) is 9.36 Å². The maximum Gasteiger partial charge on any atom is 0.253 e. The number of carbonyl (C=O) groups is 1. The van der Waals surface area contributed by atoms with Crippen LogP contribution in [0.5, 0.6) is 5.75 Å². The second-order valence-electron chi connectivity index (χ2n) is 9.15. The molecule has 40 heavy (non-hydrogen) atoms. The molecule has 0 bridgehead atoms. The number of carbonyl (C=O) groups excluding carboxylic acids is 1. The molecule has 1 heterocycles. The quantitative estimate of drug-likeness (QED) is 0.125. The summed E-state index contributed by atoms with van der Waals surface area (Å²) in [6.07, 6.45) is 0. The molecule has 1 unspecified atom stereocenters. The smallest absolute Gasteiger partial charge is 0.253 e. The van der Waals surface area contributed by atoms with Crippen molar-refractivity contribution in [1.29, 1.82) is 0 Å². The minimum Gasteiger partial charge on any atom is -0.497 e. The summed E-state index contributed by atoms with van der Waals surface area (Å²) in [6, 6.07) is 31.9. The Morgan fingerprint density at radius 2 is 1.68 bits per heavy atom. The number of para-hydroxylation sites is 1. The van der Waals surface area contributed by atoms with Crippen LogP contribution in [0.1, 0.15) is 25.2 Å². The number of hydrogen-bond donors (Lipinski definition) is 2. The van der Waals surface area contributed by atoms with Crippen molar-refractivity contribution in [2.24, 2.45) is 5.10 Å². The fraction of sp³-hybridized carbons (Fsp3) is 0.161. The van der Waals surface area contributed by atoms with Crippen molar-refractivity contribution in [1.82, 2.24) is 20.2 Å². The molecule has 5 aromatic rings. The van der Waals surface area contributed by atoms with Crippen molar-refractivity contribution >= 4 is 39.8 Å². The van der Waals surface area contributed by atoms with E-state index in [1.54, 1.807) is 7.11 Å². The van der Waals surface area contributed by atoms with Gasteiger partial charge in [-0.25, -0.2) is 5.43 Å². The number of fused-ring (bicyclic) bond motifs is 1. The van der Waals surface area contributed by atoms with Crippen molar-refractivity contribution < 1.29 is 9.53 Å². The van der Waals surface area contributed by atoms with Gasteiger partial charge in [0.2, 0.25) is 0 Å². The van der Waals surface area contributed by atoms with Crippen molar-refractivity contribution in [2.75, 3.05) is 12.4 Å². The van der Waals surface area contributed by atoms with Crippen LogP contribution in [0, 0.1) is 0 Å². The predicted molar refractivity (Wildman–Crippen MR) is 161 cm³/mol. The van der Waals surface area contributed by atoms with E-state index in [2.05, 4.69) is 50.3 Å². The second kappa shape index (κ2) is 12.5. The highest BCUT2D eigenvalue weighted by atomic mass is 32.2. The van der Waals surface area contributed by atoms with Gasteiger partial charge in [0.05, 0.1) is 24.6 Å². The number of thioether (sulfide) groups is 1. The van der Waals surface area contributed by atoms with Crippen LogP contribution in [0.4, 0.5) is 5.69 Å². The molecule has 202 valence electrons. The van der Waals surface area contributed by atoms with E-state index >= 15 is 0 Å². The summed E-state index contributed by atoms with van der Waals surface area (Å²) in [6.45, 7) is 4.17. The molecule has 2 N–H and O–H groups in total. The average molecular weight is 551 g/mol. The molecule has 1 amide bonds. The van der Waals surface area contributed by atoms with E-state index in [-0.39, 0.29) is 5.91 Å². The summed E-state index contributed by atoms with van der Waals surface area (Å²) >= 11 is 1.33. The van der Waals surface area contributed by atoms with Crippen molar-refractivity contribution in [3.05, 3.63) is 108 Å². The molecule has 0 saturated carbocycles. The van der Waals surface area contributed by atoms with Gasteiger partial charge in [0, 0.05) is 11.4 Å². The molecule has 0 aliphatic rings. The third kappa shape index (κ3) is 6.32. The van der Waals surface area contributed by atoms with E-state index in [1.165, 1.54) is 11.8 Å². The first-order chi connectivity index (χ1) is 19.5. The highest BCUT2D eigenvalue weighted by molar-refractivity contribution is 8.00. The number of methoxy groups -OCH3 is 1. The van der Waals surface area contributed by atoms with Gasteiger partial charge in [-0.15, -0.1) is 10.2 Å². The Balaban J connectivity index is 1.29. The number of ether oxygens (including phenoxy) is 1. The average Bonchev–Trinajstić information content (AvgIpc) is 3.41. The Labute approximate surface area is 237 Å². The standard InChI is InChI=1S/C31H30N6O2S/c1-21(24-14-13-23-9-7-8-10-25(23)19-24)33-35-30(38)22(2)40-31-36-34-29(37(31)27-11-5-4-6-12-27)20-32-26-15-17-28(39-3)18-16-26/h4-19,22,32H,20H2,1-3H3,(H,35,38)/b33-21+. The van der Waals surface area contributed by atoms with Gasteiger partial charge in [-0.1, -0.05) is 66.4 Å². The van der Waals surface area contributed by atoms with E-state index < -0.39 is 5.25 Å². The number of rotatable bonds is 10. The van der Waals surface area contributed by atoms with Gasteiger partial charge in [0.25, 0.3) is 5.91 Å². The first-order valence-corrected chi connectivity index (χ1v) is 13.8. The Kier molecular flexibility index (Phi) is 8.41. The minimum atomic E-state index is -0.456. The number of amides is 1. The fourth-order valence-electron chi connectivity index (χ4n) is 4.14. The predicted octanol–water partition coefficient (Wildman–Crippen LogP) is 6.06. The van der Waals surface area contributed by atoms with Crippen LogP contribution in [0.3, 0.4) is 0 Å². The van der Waals surface area contributed by atoms with Gasteiger partial charge in [-0.2, -0.15) is 5.10 Å². The lowest BCUT2D eigenvalue weighted by Gasteiger charge is -2.14. The first kappa shape index (κ1) is 27.0. The zero-order valence-corrected chi connectivity index (χ0v) is 23.4. The van der Waals surface area contributed by atoms with Gasteiger partial charge < -0.3 is 10.1 Å². The van der Waals surface area contributed by atoms with Crippen LogP contribution in [0.2, 0.25) is 0 Å². The fourth-order valence-corrected chi connectivity index (χ4v) is 5.02. The molecule has 0 fully saturated rings. The monoisotopic (exact) mass is 550 g/mol. The van der Waals surface area contributed by atoms with Crippen LogP contribution in [0.25, 0.3) is 16.5 Å². The molecule has 1 atom stereocenters. The second-order valence-corrected chi connectivity index (χ2v) is 10.5. The summed E-state index contributed by atoms with van der Waals surface area (Å²) in [5.74, 6) is 1.30. The van der Waals surface area contributed by atoms with Crippen molar-refractivity contribution in [2.45, 2.75) is 30.8 Å². The molecule has 5 rings (SSSR count). The maximum absolute atomic E-state index is 13.0. The van der Waals surface area contributed by atoms with Crippen molar-refractivity contribution in [3.8, 4) is 11.4 Å². The van der Waals surface area contributed by atoms with Crippen LogP contribution < -0.4 is 15.5 Å². The van der Waals surface area contributed by atoms with Crippen molar-refractivity contribution in [3.63, 3.8) is 0 Å². The number of hydrogen-bond acceptors (Lipinski definition) is 7. The minimum absolute atomic E-state index is 0.217. The summed E-state index contributed by atoms with van der Waals surface area (Å²) in [5.41, 5.74) is 6.26. The number of nitrogens with zero attached hydrogens (tertiary/aromatic N) is 4. The molecule has 0 saturated heterocycles. The lowest BCUT2D eigenvalue weighted by molar-refractivity contribution is -0.120. The molecular formula is C31H30N6O2S. The summed E-state index contributed by atoms with van der Waals surface area (Å²) < 4.78 is 7.21. The van der Waals surface area contributed by atoms with Gasteiger partial charge in [0.1, 0.15) is 5.75 Å². The molecule has 0 spiro atoms. The Morgan fingerprint density at radius 1 is 0.950 bits per heavy atom. The zero-order valence-electron chi connectivity index (χ0n) is 22.5. The Morgan fingerprint density at radius 3 is 2.42 bits per heavy atom. The number of hydrazone groups is 1. The molecule has 9 heteroatoms. The first-order valence-electron chi connectivity index (χ1n) is 12.9. The Bertz CT molecular complexity index is 1630. The molecule has 1 aromatic heterocycles. The van der Waals surface area contributed by atoms with E-state index in [0.29, 0.717) is 11.7 Å². The normalized spacial score (nSPS) is 12.2.